The minimum absolute atomic E-state index is 0.332. The number of aromatic nitrogens is 2. The molecule has 0 saturated carbocycles. The van der Waals surface area contributed by atoms with Crippen LogP contribution < -0.4 is 4.90 Å². The molecule has 0 amide bonds. The van der Waals surface area contributed by atoms with Gasteiger partial charge in [0.05, 0.1) is 16.9 Å². The van der Waals surface area contributed by atoms with Crippen molar-refractivity contribution in [2.75, 3.05) is 24.7 Å². The number of fused-ring (bicyclic) bond motifs is 1. The molecule has 0 unspecified atom stereocenters. The SMILES string of the molecule is CCc1nn2ccccc2c1N(CC)CCF. The second-order valence-electron chi connectivity index (χ2n) is 3.95. The van der Waals surface area contributed by atoms with Crippen LogP contribution in [-0.2, 0) is 6.42 Å². The van der Waals surface area contributed by atoms with Gasteiger partial charge in [0.2, 0.25) is 0 Å². The fourth-order valence-electron chi connectivity index (χ4n) is 2.15. The van der Waals surface area contributed by atoms with Crippen LogP contribution in [0.3, 0.4) is 0 Å². The van der Waals surface area contributed by atoms with Crippen molar-refractivity contribution < 1.29 is 4.39 Å². The van der Waals surface area contributed by atoms with E-state index in [1.165, 1.54) is 0 Å². The molecule has 0 aliphatic carbocycles. The average Bonchev–Trinajstić information content (AvgIpc) is 2.74. The lowest BCUT2D eigenvalue weighted by atomic mass is 10.2. The Balaban J connectivity index is 2.55. The van der Waals surface area contributed by atoms with Crippen LogP contribution in [0.15, 0.2) is 24.4 Å². The van der Waals surface area contributed by atoms with Crippen molar-refractivity contribution in [1.29, 1.82) is 0 Å². The number of hydrogen-bond donors (Lipinski definition) is 0. The maximum absolute atomic E-state index is 12.6. The molecule has 2 rings (SSSR count). The van der Waals surface area contributed by atoms with E-state index < -0.39 is 0 Å². The molecule has 4 heteroatoms. The van der Waals surface area contributed by atoms with Crippen molar-refractivity contribution in [2.45, 2.75) is 20.3 Å². The molecule has 0 spiro atoms. The minimum atomic E-state index is -0.332. The number of halogens is 1. The Labute approximate surface area is 101 Å². The number of rotatable bonds is 5. The molecular weight excluding hydrogens is 217 g/mol. The van der Waals surface area contributed by atoms with Crippen LogP contribution in [0.1, 0.15) is 19.5 Å². The first kappa shape index (κ1) is 11.9. The van der Waals surface area contributed by atoms with Crippen LogP contribution in [0.25, 0.3) is 5.52 Å². The number of anilines is 1. The van der Waals surface area contributed by atoms with Gasteiger partial charge in [0.15, 0.2) is 0 Å². The molecule has 3 nitrogen and oxygen atoms in total. The third kappa shape index (κ3) is 2.12. The standard InChI is InChI=1S/C13H18FN3/c1-3-11-13(16(4-2)10-8-14)12-7-5-6-9-17(12)15-11/h5-7,9H,3-4,8,10H2,1-2H3. The number of hydrogen-bond acceptors (Lipinski definition) is 2. The molecular formula is C13H18FN3. The van der Waals surface area contributed by atoms with Gasteiger partial charge in [0, 0.05) is 19.3 Å². The molecule has 92 valence electrons. The van der Waals surface area contributed by atoms with Crippen LogP contribution in [-0.4, -0.2) is 29.4 Å². The predicted molar refractivity (Wildman–Crippen MR) is 68.4 cm³/mol. The minimum Gasteiger partial charge on any atom is -0.366 e. The third-order valence-electron chi connectivity index (χ3n) is 2.97. The van der Waals surface area contributed by atoms with Crippen molar-refractivity contribution in [3.63, 3.8) is 0 Å². The summed E-state index contributed by atoms with van der Waals surface area (Å²) in [5.74, 6) is 0. The second kappa shape index (κ2) is 5.17. The number of alkyl halides is 1. The van der Waals surface area contributed by atoms with Gasteiger partial charge in [0.25, 0.3) is 0 Å². The lowest BCUT2D eigenvalue weighted by Gasteiger charge is -2.21. The van der Waals surface area contributed by atoms with Crippen molar-refractivity contribution in [2.24, 2.45) is 0 Å². The van der Waals surface area contributed by atoms with Gasteiger partial charge in [-0.05, 0) is 25.5 Å². The summed E-state index contributed by atoms with van der Waals surface area (Å²) >= 11 is 0. The molecule has 2 heterocycles. The molecule has 0 N–H and O–H groups in total. The van der Waals surface area contributed by atoms with Gasteiger partial charge < -0.3 is 4.90 Å². The predicted octanol–water partition coefficient (Wildman–Crippen LogP) is 2.69. The highest BCUT2D eigenvalue weighted by Crippen LogP contribution is 2.26. The van der Waals surface area contributed by atoms with Crippen molar-refractivity contribution >= 4 is 11.2 Å². The zero-order valence-corrected chi connectivity index (χ0v) is 10.4. The fraction of sp³-hybridized carbons (Fsp3) is 0.462. The molecule has 0 bridgehead atoms. The van der Waals surface area contributed by atoms with E-state index in [1.54, 1.807) is 0 Å². The Morgan fingerprint density at radius 1 is 1.35 bits per heavy atom. The summed E-state index contributed by atoms with van der Waals surface area (Å²) in [6.07, 6.45) is 2.79. The first-order valence-electron chi connectivity index (χ1n) is 6.09. The smallest absolute Gasteiger partial charge is 0.107 e. The largest absolute Gasteiger partial charge is 0.366 e. The Bertz CT molecular complexity index is 492. The Morgan fingerprint density at radius 3 is 2.82 bits per heavy atom. The second-order valence-corrected chi connectivity index (χ2v) is 3.95. The first-order valence-corrected chi connectivity index (χ1v) is 6.09. The van der Waals surface area contributed by atoms with Crippen LogP contribution in [0, 0.1) is 0 Å². The van der Waals surface area contributed by atoms with E-state index in [9.17, 15) is 4.39 Å². The maximum atomic E-state index is 12.6. The molecule has 2 aromatic heterocycles. The van der Waals surface area contributed by atoms with E-state index in [-0.39, 0.29) is 6.67 Å². The lowest BCUT2D eigenvalue weighted by molar-refractivity contribution is 0.492. The van der Waals surface area contributed by atoms with Gasteiger partial charge in [-0.15, -0.1) is 0 Å². The molecule has 0 aliphatic heterocycles. The summed E-state index contributed by atoms with van der Waals surface area (Å²) in [7, 11) is 0. The molecule has 0 aliphatic rings. The number of pyridine rings is 1. The van der Waals surface area contributed by atoms with Crippen LogP contribution in [0.2, 0.25) is 0 Å². The zero-order valence-electron chi connectivity index (χ0n) is 10.4. The van der Waals surface area contributed by atoms with E-state index in [2.05, 4.69) is 16.9 Å². The summed E-state index contributed by atoms with van der Waals surface area (Å²) in [6.45, 7) is 5.02. The van der Waals surface area contributed by atoms with Gasteiger partial charge in [-0.3, -0.25) is 0 Å². The van der Waals surface area contributed by atoms with Crippen LogP contribution >= 0.6 is 0 Å². The highest BCUT2D eigenvalue weighted by atomic mass is 19.1. The third-order valence-corrected chi connectivity index (χ3v) is 2.97. The Kier molecular flexibility index (Phi) is 3.61. The maximum Gasteiger partial charge on any atom is 0.107 e. The van der Waals surface area contributed by atoms with E-state index in [4.69, 9.17) is 0 Å². The summed E-state index contributed by atoms with van der Waals surface area (Å²) in [5, 5.41) is 4.53. The summed E-state index contributed by atoms with van der Waals surface area (Å²) in [4.78, 5) is 2.06. The lowest BCUT2D eigenvalue weighted by Crippen LogP contribution is -2.25. The number of aryl methyl sites for hydroxylation is 1. The number of nitrogens with zero attached hydrogens (tertiary/aromatic N) is 3. The topological polar surface area (TPSA) is 20.5 Å². The zero-order chi connectivity index (χ0) is 12.3. The van der Waals surface area contributed by atoms with E-state index in [1.807, 2.05) is 35.8 Å². The molecule has 0 saturated heterocycles. The molecule has 0 fully saturated rings. The molecule has 0 atom stereocenters. The molecule has 0 radical (unpaired) electrons. The van der Waals surface area contributed by atoms with Crippen molar-refractivity contribution in [1.82, 2.24) is 9.61 Å². The normalized spacial score (nSPS) is 11.0. The van der Waals surface area contributed by atoms with E-state index in [0.29, 0.717) is 6.54 Å². The van der Waals surface area contributed by atoms with E-state index in [0.717, 1.165) is 29.9 Å². The average molecular weight is 235 g/mol. The van der Waals surface area contributed by atoms with Crippen molar-refractivity contribution in [3.05, 3.63) is 30.1 Å². The monoisotopic (exact) mass is 235 g/mol. The summed E-state index contributed by atoms with van der Waals surface area (Å²) in [5.41, 5.74) is 3.17. The van der Waals surface area contributed by atoms with Crippen molar-refractivity contribution in [3.8, 4) is 0 Å². The van der Waals surface area contributed by atoms with Gasteiger partial charge in [-0.1, -0.05) is 13.0 Å². The van der Waals surface area contributed by atoms with E-state index >= 15 is 0 Å². The van der Waals surface area contributed by atoms with Gasteiger partial charge in [-0.25, -0.2) is 8.91 Å². The molecule has 17 heavy (non-hydrogen) atoms. The highest BCUT2D eigenvalue weighted by Gasteiger charge is 2.16. The highest BCUT2D eigenvalue weighted by molar-refractivity contribution is 5.75. The Morgan fingerprint density at radius 2 is 2.18 bits per heavy atom. The van der Waals surface area contributed by atoms with Crippen LogP contribution in [0.5, 0.6) is 0 Å². The Hall–Kier alpha value is -1.58. The first-order chi connectivity index (χ1) is 8.31. The van der Waals surface area contributed by atoms with Gasteiger partial charge >= 0.3 is 0 Å². The summed E-state index contributed by atoms with van der Waals surface area (Å²) < 4.78 is 14.5. The molecule has 0 aromatic carbocycles. The van der Waals surface area contributed by atoms with Crippen LogP contribution in [0.4, 0.5) is 10.1 Å². The summed E-state index contributed by atoms with van der Waals surface area (Å²) in [6, 6.07) is 5.97. The van der Waals surface area contributed by atoms with Gasteiger partial charge in [-0.2, -0.15) is 5.10 Å². The fourth-order valence-corrected chi connectivity index (χ4v) is 2.15. The van der Waals surface area contributed by atoms with Gasteiger partial charge in [0.1, 0.15) is 6.67 Å². The quantitative estimate of drug-likeness (QED) is 0.794. The molecule has 2 aromatic rings.